The molecule has 2 aromatic carbocycles. The maximum Gasteiger partial charge on any atom is 0.410 e. The van der Waals surface area contributed by atoms with Crippen molar-refractivity contribution >= 4 is 23.4 Å². The first-order valence-corrected chi connectivity index (χ1v) is 13.4. The lowest BCUT2D eigenvalue weighted by Gasteiger charge is -2.35. The molecule has 3 N–H and O–H groups in total. The zero-order valence-electron chi connectivity index (χ0n) is 22.8. The van der Waals surface area contributed by atoms with E-state index in [2.05, 4.69) is 46.4 Å². The van der Waals surface area contributed by atoms with E-state index in [9.17, 15) is 9.59 Å². The van der Waals surface area contributed by atoms with Gasteiger partial charge in [0.1, 0.15) is 6.61 Å². The number of rotatable bonds is 8. The normalized spacial score (nSPS) is 20.2. The van der Waals surface area contributed by atoms with Crippen molar-refractivity contribution in [2.75, 3.05) is 64.3 Å². The molecule has 1 saturated heterocycles. The molecule has 0 spiro atoms. The first-order chi connectivity index (χ1) is 18.4. The van der Waals surface area contributed by atoms with Gasteiger partial charge in [-0.05, 0) is 67.6 Å². The molecule has 0 bridgehead atoms. The molecule has 0 unspecified atom stereocenters. The van der Waals surface area contributed by atoms with Crippen LogP contribution < -0.4 is 16.0 Å². The van der Waals surface area contributed by atoms with E-state index in [1.807, 2.05) is 23.1 Å². The quantitative estimate of drug-likeness (QED) is 0.546. The Morgan fingerprint density at radius 3 is 2.39 bits per heavy atom. The minimum Gasteiger partial charge on any atom is -0.453 e. The summed E-state index contributed by atoms with van der Waals surface area (Å²) in [6.45, 7) is 4.20. The lowest BCUT2D eigenvalue weighted by atomic mass is 9.90. The van der Waals surface area contributed by atoms with Crippen molar-refractivity contribution in [3.63, 3.8) is 0 Å². The van der Waals surface area contributed by atoms with E-state index < -0.39 is 0 Å². The van der Waals surface area contributed by atoms with Gasteiger partial charge in [-0.25, -0.2) is 4.79 Å². The molecule has 206 valence electrons. The number of nitrogens with one attached hydrogen (secondary N) is 1. The number of carbonyl (C=O) groups excluding carboxylic acids is 2. The Bertz CT molecular complexity index is 1090. The average Bonchev–Trinajstić information content (AvgIpc) is 2.93. The highest BCUT2D eigenvalue weighted by Crippen LogP contribution is 2.33. The highest BCUT2D eigenvalue weighted by atomic mass is 16.5. The largest absolute Gasteiger partial charge is 0.453 e. The summed E-state index contributed by atoms with van der Waals surface area (Å²) < 4.78 is 10.2. The zero-order chi connectivity index (χ0) is 27.1. The van der Waals surface area contributed by atoms with Crippen LogP contribution in [-0.4, -0.2) is 87.9 Å². The van der Waals surface area contributed by atoms with Crippen LogP contribution >= 0.6 is 0 Å². The van der Waals surface area contributed by atoms with Crippen LogP contribution in [0.2, 0.25) is 0 Å². The maximum absolute atomic E-state index is 12.7. The number of amides is 2. The average molecular weight is 524 g/mol. The number of hydrogen-bond acceptors (Lipinski definition) is 7. The summed E-state index contributed by atoms with van der Waals surface area (Å²) in [5.74, 6) is -0.185. The molecule has 1 aliphatic carbocycles. The van der Waals surface area contributed by atoms with Crippen LogP contribution in [0, 0.1) is 0 Å². The van der Waals surface area contributed by atoms with Gasteiger partial charge in [0.05, 0.1) is 18.5 Å². The second kappa shape index (κ2) is 13.1. The summed E-state index contributed by atoms with van der Waals surface area (Å²) >= 11 is 0. The van der Waals surface area contributed by atoms with Crippen LogP contribution in [0.4, 0.5) is 16.2 Å². The third-order valence-electron chi connectivity index (χ3n) is 7.59. The molecule has 0 atom stereocenters. The fourth-order valence-corrected chi connectivity index (χ4v) is 5.38. The number of hydrogen-bond donors (Lipinski definition) is 2. The highest BCUT2D eigenvalue weighted by molar-refractivity contribution is 5.96. The topological polar surface area (TPSA) is 100 Å². The van der Waals surface area contributed by atoms with Gasteiger partial charge in [0.15, 0.2) is 0 Å². The van der Waals surface area contributed by atoms with Crippen LogP contribution in [0.15, 0.2) is 42.5 Å². The first-order valence-electron chi connectivity index (χ1n) is 13.4. The third kappa shape index (κ3) is 7.03. The fraction of sp³-hybridized carbons (Fsp3) is 0.517. The van der Waals surface area contributed by atoms with Crippen molar-refractivity contribution in [2.45, 2.75) is 44.3 Å². The van der Waals surface area contributed by atoms with Crippen molar-refractivity contribution in [2.24, 2.45) is 5.73 Å². The van der Waals surface area contributed by atoms with Gasteiger partial charge >= 0.3 is 6.09 Å². The van der Waals surface area contributed by atoms with Crippen molar-refractivity contribution < 1.29 is 19.1 Å². The molecule has 1 heterocycles. The number of benzene rings is 2. The van der Waals surface area contributed by atoms with E-state index in [0.717, 1.165) is 79.9 Å². The number of piperazine rings is 1. The summed E-state index contributed by atoms with van der Waals surface area (Å²) in [6, 6.07) is 14.7. The standard InChI is InChI=1S/C29H41N5O4/c1-32-13-15-33(16-14-32)27-12-7-23(18-26(27)31-28(35)20-37-2)22-6-4-5-21(17-22)19-34(29(36)38-3)25-10-8-24(30)9-11-25/h4-7,12,17-18,24-25H,8-11,13-16,19-20,30H2,1-3H3,(H,31,35). The van der Waals surface area contributed by atoms with Crippen molar-refractivity contribution in [3.8, 4) is 11.1 Å². The van der Waals surface area contributed by atoms with Crippen molar-refractivity contribution in [3.05, 3.63) is 48.0 Å². The van der Waals surface area contributed by atoms with E-state index in [1.165, 1.54) is 14.2 Å². The summed E-state index contributed by atoms with van der Waals surface area (Å²) in [6.07, 6.45) is 3.28. The van der Waals surface area contributed by atoms with E-state index in [-0.39, 0.29) is 30.7 Å². The first kappa shape index (κ1) is 27.9. The Balaban J connectivity index is 1.59. The Morgan fingerprint density at radius 1 is 1.00 bits per heavy atom. The monoisotopic (exact) mass is 523 g/mol. The summed E-state index contributed by atoms with van der Waals surface area (Å²) in [7, 11) is 5.07. The second-order valence-electron chi connectivity index (χ2n) is 10.4. The van der Waals surface area contributed by atoms with Gasteiger partial charge < -0.3 is 35.2 Å². The van der Waals surface area contributed by atoms with Crippen LogP contribution in [0.25, 0.3) is 11.1 Å². The number of anilines is 2. The van der Waals surface area contributed by atoms with Gasteiger partial charge in [-0.1, -0.05) is 24.3 Å². The summed E-state index contributed by atoms with van der Waals surface area (Å²) in [5, 5.41) is 3.05. The number of carbonyl (C=O) groups is 2. The van der Waals surface area contributed by atoms with Crippen molar-refractivity contribution in [1.29, 1.82) is 0 Å². The van der Waals surface area contributed by atoms with Gasteiger partial charge in [-0.2, -0.15) is 0 Å². The Morgan fingerprint density at radius 2 is 1.71 bits per heavy atom. The van der Waals surface area contributed by atoms with E-state index in [1.54, 1.807) is 0 Å². The Labute approximate surface area is 225 Å². The third-order valence-corrected chi connectivity index (χ3v) is 7.59. The van der Waals surface area contributed by atoms with Crippen LogP contribution in [0.1, 0.15) is 31.2 Å². The molecule has 1 saturated carbocycles. The lowest BCUT2D eigenvalue weighted by Crippen LogP contribution is -2.44. The van der Waals surface area contributed by atoms with Gasteiger partial charge in [-0.15, -0.1) is 0 Å². The molecular formula is C29H41N5O4. The van der Waals surface area contributed by atoms with Gasteiger partial charge in [0, 0.05) is 51.9 Å². The zero-order valence-corrected chi connectivity index (χ0v) is 22.8. The highest BCUT2D eigenvalue weighted by Gasteiger charge is 2.28. The number of methoxy groups -OCH3 is 2. The maximum atomic E-state index is 12.7. The molecule has 9 heteroatoms. The smallest absolute Gasteiger partial charge is 0.410 e. The number of likely N-dealkylation sites (N-methyl/N-ethyl adjacent to an activating group) is 1. The summed E-state index contributed by atoms with van der Waals surface area (Å²) in [4.78, 5) is 31.6. The fourth-order valence-electron chi connectivity index (χ4n) is 5.38. The predicted molar refractivity (Wildman–Crippen MR) is 150 cm³/mol. The molecule has 38 heavy (non-hydrogen) atoms. The van der Waals surface area contributed by atoms with Crippen LogP contribution in [0.5, 0.6) is 0 Å². The number of nitrogens with zero attached hydrogens (tertiary/aromatic N) is 3. The molecule has 9 nitrogen and oxygen atoms in total. The molecule has 0 radical (unpaired) electrons. The van der Waals surface area contributed by atoms with Gasteiger partial charge in [0.25, 0.3) is 0 Å². The lowest BCUT2D eigenvalue weighted by molar-refractivity contribution is -0.119. The van der Waals surface area contributed by atoms with Crippen molar-refractivity contribution in [1.82, 2.24) is 9.80 Å². The summed E-state index contributed by atoms with van der Waals surface area (Å²) in [5.41, 5.74) is 10.9. The van der Waals surface area contributed by atoms with E-state index in [0.29, 0.717) is 6.54 Å². The molecule has 2 aromatic rings. The van der Waals surface area contributed by atoms with Gasteiger partial charge in [-0.3, -0.25) is 4.79 Å². The minimum absolute atomic E-state index is 0.00266. The molecule has 2 amide bonds. The Kier molecular flexibility index (Phi) is 9.60. The molecule has 0 aromatic heterocycles. The molecule has 4 rings (SSSR count). The van der Waals surface area contributed by atoms with Crippen LogP contribution in [-0.2, 0) is 20.8 Å². The number of nitrogens with two attached hydrogens (primary N) is 1. The van der Waals surface area contributed by atoms with Crippen LogP contribution in [0.3, 0.4) is 0 Å². The molecule has 2 aliphatic rings. The predicted octanol–water partition coefficient (Wildman–Crippen LogP) is 3.53. The molecule has 2 fully saturated rings. The minimum atomic E-state index is -0.310. The molecular weight excluding hydrogens is 482 g/mol. The van der Waals surface area contributed by atoms with E-state index in [4.69, 9.17) is 15.2 Å². The molecule has 1 aliphatic heterocycles. The SMILES string of the molecule is COCC(=O)Nc1cc(-c2cccc(CN(C(=O)OC)C3CCC(N)CC3)c2)ccc1N1CCN(C)CC1. The van der Waals surface area contributed by atoms with E-state index >= 15 is 0 Å². The number of ether oxygens (including phenoxy) is 2. The van der Waals surface area contributed by atoms with Gasteiger partial charge in [0.2, 0.25) is 5.91 Å². The Hall–Kier alpha value is -3.14. The second-order valence-corrected chi connectivity index (χ2v) is 10.4.